The van der Waals surface area contributed by atoms with Gasteiger partial charge in [-0.05, 0) is 24.3 Å². The molecular formula is C10H12. The van der Waals surface area contributed by atoms with Crippen molar-refractivity contribution in [2.45, 2.75) is 26.2 Å². The predicted octanol–water partition coefficient (Wildman–Crippen LogP) is 2.37. The Bertz CT molecular complexity index is 190. The van der Waals surface area contributed by atoms with Crippen LogP contribution in [-0.2, 0) is 0 Å². The first kappa shape index (κ1) is 8.86. The molecule has 52 valence electrons. The van der Waals surface area contributed by atoms with Crippen molar-refractivity contribution in [1.29, 1.82) is 0 Å². The fourth-order valence-electron chi connectivity index (χ4n) is 0.459. The number of allylic oxidation sites excluding steroid dienone is 1. The van der Waals surface area contributed by atoms with Crippen LogP contribution in [0.2, 0.25) is 0 Å². The van der Waals surface area contributed by atoms with Crippen molar-refractivity contribution in [3.8, 4) is 23.7 Å². The lowest BCUT2D eigenvalue weighted by Crippen LogP contribution is -1.65. The Balaban J connectivity index is 3.40. The van der Waals surface area contributed by atoms with Crippen molar-refractivity contribution in [2.75, 3.05) is 0 Å². The van der Waals surface area contributed by atoms with Gasteiger partial charge in [-0.2, -0.15) is 0 Å². The lowest BCUT2D eigenvalue weighted by molar-refractivity contribution is 0.828. The maximum absolute atomic E-state index is 3.45. The maximum atomic E-state index is 3.45. The Labute approximate surface area is 63.3 Å². The van der Waals surface area contributed by atoms with E-state index >= 15 is 0 Å². The smallest absolute Gasteiger partial charge is 0.00988 e. The molecule has 0 amide bonds. The highest BCUT2D eigenvalue weighted by molar-refractivity contribution is 5.29. The van der Waals surface area contributed by atoms with Crippen LogP contribution in [0.3, 0.4) is 0 Å². The lowest BCUT2D eigenvalue weighted by atomic mass is 10.2. The molecule has 0 saturated heterocycles. The minimum atomic E-state index is 0.961. The summed E-state index contributed by atoms with van der Waals surface area (Å²) < 4.78 is 0. The minimum Gasteiger partial charge on any atom is -0.0906 e. The fraction of sp³-hybridized carbons (Fsp3) is 0.400. The van der Waals surface area contributed by atoms with Crippen LogP contribution < -0.4 is 0 Å². The van der Waals surface area contributed by atoms with Crippen LogP contribution in [0.5, 0.6) is 0 Å². The lowest BCUT2D eigenvalue weighted by Gasteiger charge is -1.80. The maximum Gasteiger partial charge on any atom is 0.00988 e. The van der Waals surface area contributed by atoms with Crippen molar-refractivity contribution >= 4 is 0 Å². The summed E-state index contributed by atoms with van der Waals surface area (Å²) in [5.74, 6) is 11.0. The van der Waals surface area contributed by atoms with E-state index in [1.807, 2.05) is 0 Å². The van der Waals surface area contributed by atoms with E-state index in [2.05, 4.69) is 37.2 Å². The molecule has 0 aromatic heterocycles. The van der Waals surface area contributed by atoms with E-state index in [1.165, 1.54) is 12.8 Å². The summed E-state index contributed by atoms with van der Waals surface area (Å²) in [7, 11) is 0. The van der Waals surface area contributed by atoms with E-state index < -0.39 is 0 Å². The van der Waals surface area contributed by atoms with E-state index in [9.17, 15) is 0 Å². The van der Waals surface area contributed by atoms with Gasteiger partial charge in [0.1, 0.15) is 0 Å². The largest absolute Gasteiger partial charge is 0.0906 e. The summed E-state index contributed by atoms with van der Waals surface area (Å²) >= 11 is 0. The van der Waals surface area contributed by atoms with Crippen molar-refractivity contribution in [3.05, 3.63) is 12.7 Å². The van der Waals surface area contributed by atoms with Gasteiger partial charge in [-0.25, -0.2) is 0 Å². The number of unbranched alkanes of at least 4 members (excludes halogenated alkanes) is 2. The van der Waals surface area contributed by atoms with Crippen molar-refractivity contribution < 1.29 is 0 Å². The Morgan fingerprint density at radius 3 is 2.80 bits per heavy atom. The van der Waals surface area contributed by atoms with Crippen LogP contribution in [0.4, 0.5) is 0 Å². The van der Waals surface area contributed by atoms with Gasteiger partial charge in [-0.1, -0.05) is 31.8 Å². The number of hydrogen-bond donors (Lipinski definition) is 0. The normalized spacial score (nSPS) is 6.50. The topological polar surface area (TPSA) is 0 Å². The third-order valence-electron chi connectivity index (χ3n) is 0.980. The summed E-state index contributed by atoms with van der Waals surface area (Å²) in [5.41, 5.74) is 0. The first-order valence-electron chi connectivity index (χ1n) is 3.51. The zero-order valence-electron chi connectivity index (χ0n) is 6.41. The van der Waals surface area contributed by atoms with Crippen LogP contribution in [0.15, 0.2) is 12.7 Å². The van der Waals surface area contributed by atoms with E-state index in [0.29, 0.717) is 0 Å². The Hall–Kier alpha value is -1.14. The van der Waals surface area contributed by atoms with Gasteiger partial charge >= 0.3 is 0 Å². The molecule has 0 aromatic carbocycles. The Morgan fingerprint density at radius 2 is 2.20 bits per heavy atom. The van der Waals surface area contributed by atoms with Gasteiger partial charge in [0.05, 0.1) is 0 Å². The van der Waals surface area contributed by atoms with Crippen molar-refractivity contribution in [1.82, 2.24) is 0 Å². The van der Waals surface area contributed by atoms with Crippen LogP contribution in [0, 0.1) is 23.7 Å². The molecule has 10 heavy (non-hydrogen) atoms. The molecule has 0 heterocycles. The van der Waals surface area contributed by atoms with E-state index in [4.69, 9.17) is 0 Å². The zero-order valence-corrected chi connectivity index (χ0v) is 6.41. The molecule has 0 bridgehead atoms. The van der Waals surface area contributed by atoms with Gasteiger partial charge in [0.15, 0.2) is 0 Å². The second-order valence-electron chi connectivity index (χ2n) is 1.88. The van der Waals surface area contributed by atoms with Gasteiger partial charge in [0, 0.05) is 6.42 Å². The van der Waals surface area contributed by atoms with E-state index in [-0.39, 0.29) is 0 Å². The summed E-state index contributed by atoms with van der Waals surface area (Å²) in [5, 5.41) is 0. The summed E-state index contributed by atoms with van der Waals surface area (Å²) in [6.07, 6.45) is 4.88. The highest BCUT2D eigenvalue weighted by Crippen LogP contribution is 1.89. The third-order valence-corrected chi connectivity index (χ3v) is 0.980. The fourth-order valence-corrected chi connectivity index (χ4v) is 0.459. The second kappa shape index (κ2) is 7.86. The van der Waals surface area contributed by atoms with Gasteiger partial charge in [0.2, 0.25) is 0 Å². The molecule has 0 fully saturated rings. The van der Waals surface area contributed by atoms with Gasteiger partial charge in [0.25, 0.3) is 0 Å². The first-order valence-corrected chi connectivity index (χ1v) is 3.51. The Kier molecular flexibility index (Phi) is 6.96. The molecule has 0 aliphatic heterocycles. The van der Waals surface area contributed by atoms with Crippen LogP contribution in [0.25, 0.3) is 0 Å². The third kappa shape index (κ3) is 6.86. The van der Waals surface area contributed by atoms with E-state index in [0.717, 1.165) is 6.42 Å². The van der Waals surface area contributed by atoms with Gasteiger partial charge in [-0.3, -0.25) is 0 Å². The molecule has 0 aliphatic rings. The molecule has 0 nitrogen and oxygen atoms in total. The predicted molar refractivity (Wildman–Crippen MR) is 45.3 cm³/mol. The van der Waals surface area contributed by atoms with Crippen LogP contribution >= 0.6 is 0 Å². The monoisotopic (exact) mass is 132 g/mol. The van der Waals surface area contributed by atoms with E-state index in [1.54, 1.807) is 6.08 Å². The molecule has 0 radical (unpaired) electrons. The first-order chi connectivity index (χ1) is 4.91. The molecule has 0 spiro atoms. The summed E-state index contributed by atoms with van der Waals surface area (Å²) in [6.45, 7) is 5.60. The molecule has 0 atom stereocenters. The second-order valence-corrected chi connectivity index (χ2v) is 1.88. The van der Waals surface area contributed by atoms with Gasteiger partial charge in [-0.15, -0.1) is 0 Å². The molecule has 0 saturated carbocycles. The van der Waals surface area contributed by atoms with Crippen LogP contribution in [0.1, 0.15) is 26.2 Å². The molecule has 0 aliphatic carbocycles. The standard InChI is InChI=1S/C10H12/c1-3-5-7-9-10-8-6-4-2/h3H,1,4,6,8H2,2H3. The van der Waals surface area contributed by atoms with Gasteiger partial charge < -0.3 is 0 Å². The average Bonchev–Trinajstić information content (AvgIpc) is 1.97. The SMILES string of the molecule is C=CC#CC#CCCCC. The average molecular weight is 132 g/mol. The quantitative estimate of drug-likeness (QED) is 0.399. The van der Waals surface area contributed by atoms with Crippen molar-refractivity contribution in [2.24, 2.45) is 0 Å². The number of rotatable bonds is 2. The zero-order chi connectivity index (χ0) is 7.66. The van der Waals surface area contributed by atoms with Crippen LogP contribution in [-0.4, -0.2) is 0 Å². The highest BCUT2D eigenvalue weighted by Gasteiger charge is 1.73. The molecule has 0 rings (SSSR count). The Morgan fingerprint density at radius 1 is 1.40 bits per heavy atom. The number of hydrogen-bond acceptors (Lipinski definition) is 0. The minimum absolute atomic E-state index is 0.961. The summed E-state index contributed by atoms with van der Waals surface area (Å²) in [6, 6.07) is 0. The molecule has 0 aromatic rings. The highest BCUT2D eigenvalue weighted by atomic mass is 13.8. The molecule has 0 unspecified atom stereocenters. The molecule has 0 N–H and O–H groups in total. The molecular weight excluding hydrogens is 120 g/mol. The molecule has 0 heteroatoms. The summed E-state index contributed by atoms with van der Waals surface area (Å²) in [4.78, 5) is 0. The van der Waals surface area contributed by atoms with Crippen molar-refractivity contribution in [3.63, 3.8) is 0 Å².